The number of hydrogen-bond donors (Lipinski definition) is 3. The van der Waals surface area contributed by atoms with Crippen molar-refractivity contribution in [2.24, 2.45) is 0 Å². The fourth-order valence-corrected chi connectivity index (χ4v) is 3.01. The van der Waals surface area contributed by atoms with Crippen LogP contribution in [0.2, 0.25) is 0 Å². The fraction of sp³-hybridized carbons (Fsp3) is 0.0870. The predicted octanol–water partition coefficient (Wildman–Crippen LogP) is 3.87. The molecule has 0 aliphatic heterocycles. The van der Waals surface area contributed by atoms with Crippen LogP contribution in [0.4, 0.5) is 5.69 Å². The topological polar surface area (TPSA) is 105 Å². The molecule has 0 saturated heterocycles. The van der Waals surface area contributed by atoms with Gasteiger partial charge in [-0.15, -0.1) is 0 Å². The van der Waals surface area contributed by atoms with Gasteiger partial charge in [0.25, 0.3) is 5.91 Å². The molecule has 0 saturated carbocycles. The van der Waals surface area contributed by atoms with E-state index >= 15 is 0 Å². The minimum atomic E-state index is -1.22. The zero-order chi connectivity index (χ0) is 21.7. The van der Waals surface area contributed by atoms with E-state index < -0.39 is 17.8 Å². The quantitative estimate of drug-likeness (QED) is 0.427. The second-order valence-electron chi connectivity index (χ2n) is 6.58. The molecule has 3 aromatic carbocycles. The van der Waals surface area contributed by atoms with Crippen LogP contribution >= 0.6 is 0 Å². The Morgan fingerprint density at radius 3 is 2.33 bits per heavy atom. The van der Waals surface area contributed by atoms with Crippen LogP contribution < -0.4 is 10.8 Å². The van der Waals surface area contributed by atoms with Gasteiger partial charge in [-0.1, -0.05) is 36.4 Å². The van der Waals surface area contributed by atoms with Crippen molar-refractivity contribution in [1.29, 1.82) is 0 Å². The Morgan fingerprint density at radius 2 is 1.63 bits per heavy atom. The molecule has 0 unspecified atom stereocenters. The molecule has 0 radical (unpaired) electrons. The highest BCUT2D eigenvalue weighted by atomic mass is 16.6. The molecular weight excluding hydrogens is 384 g/mol. The highest BCUT2D eigenvalue weighted by Gasteiger charge is 2.15. The molecule has 3 aromatic rings. The Hall–Kier alpha value is -3.97. The molecule has 0 fully saturated rings. The molecular formula is C23H20N2O5. The summed E-state index contributed by atoms with van der Waals surface area (Å²) in [6, 6.07) is 17.6. The summed E-state index contributed by atoms with van der Waals surface area (Å²) in [5.74, 6) is -2.29. The summed E-state index contributed by atoms with van der Waals surface area (Å²) in [4.78, 5) is 40.5. The van der Waals surface area contributed by atoms with Gasteiger partial charge in [-0.05, 0) is 53.1 Å². The Kier molecular flexibility index (Phi) is 6.24. The van der Waals surface area contributed by atoms with Crippen molar-refractivity contribution in [2.45, 2.75) is 6.92 Å². The molecule has 7 heteroatoms. The molecule has 152 valence electrons. The van der Waals surface area contributed by atoms with E-state index in [9.17, 15) is 19.5 Å². The standard InChI is InChI=1S/C23H20N2O5/c1-14(16-8-7-15-5-3-4-6-17(15)12-16)11-21(26)24-20-13-18(22(27)25-30-2)9-10-19(20)23(28)29/h3-13H,1-2H3,(H,24,26)(H,25,27)(H,28,29)/b14-11-. The first-order chi connectivity index (χ1) is 14.4. The minimum Gasteiger partial charge on any atom is -0.478 e. The van der Waals surface area contributed by atoms with E-state index in [-0.39, 0.29) is 16.8 Å². The van der Waals surface area contributed by atoms with Gasteiger partial charge in [-0.25, -0.2) is 10.3 Å². The maximum atomic E-state index is 12.5. The molecule has 0 atom stereocenters. The number of aromatic carboxylic acids is 1. The molecule has 30 heavy (non-hydrogen) atoms. The fourth-order valence-electron chi connectivity index (χ4n) is 3.01. The number of carboxylic acid groups (broad SMARTS) is 1. The lowest BCUT2D eigenvalue weighted by atomic mass is 10.0. The lowest BCUT2D eigenvalue weighted by Gasteiger charge is -2.10. The number of nitrogens with one attached hydrogen (secondary N) is 2. The van der Waals surface area contributed by atoms with E-state index in [1.54, 1.807) is 6.92 Å². The van der Waals surface area contributed by atoms with Gasteiger partial charge in [0.05, 0.1) is 18.4 Å². The van der Waals surface area contributed by atoms with Crippen LogP contribution in [0.1, 0.15) is 33.2 Å². The van der Waals surface area contributed by atoms with Gasteiger partial charge in [0.1, 0.15) is 0 Å². The molecule has 7 nitrogen and oxygen atoms in total. The molecule has 3 N–H and O–H groups in total. The monoisotopic (exact) mass is 404 g/mol. The lowest BCUT2D eigenvalue weighted by molar-refractivity contribution is -0.111. The zero-order valence-corrected chi connectivity index (χ0v) is 16.4. The number of carbonyl (C=O) groups is 3. The number of hydrogen-bond acceptors (Lipinski definition) is 4. The summed E-state index contributed by atoms with van der Waals surface area (Å²) in [7, 11) is 1.28. The first-order valence-corrected chi connectivity index (χ1v) is 9.08. The molecule has 3 rings (SSSR count). The van der Waals surface area contributed by atoms with Gasteiger partial charge in [-0.2, -0.15) is 0 Å². The van der Waals surface area contributed by atoms with E-state index in [0.29, 0.717) is 5.57 Å². The third-order valence-electron chi connectivity index (χ3n) is 4.52. The number of allylic oxidation sites excluding steroid dienone is 1. The van der Waals surface area contributed by atoms with E-state index in [2.05, 4.69) is 15.6 Å². The molecule has 0 aliphatic carbocycles. The summed E-state index contributed by atoms with van der Waals surface area (Å²) in [5.41, 5.74) is 3.76. The highest BCUT2D eigenvalue weighted by Crippen LogP contribution is 2.22. The minimum absolute atomic E-state index is 0.0128. The first kappa shape index (κ1) is 20.8. The molecule has 0 aromatic heterocycles. The van der Waals surface area contributed by atoms with Crippen LogP contribution in [0.25, 0.3) is 16.3 Å². The van der Waals surface area contributed by atoms with E-state index in [0.717, 1.165) is 16.3 Å². The Bertz CT molecular complexity index is 1170. The summed E-state index contributed by atoms with van der Waals surface area (Å²) < 4.78 is 0. The molecule has 0 heterocycles. The Morgan fingerprint density at radius 1 is 0.933 bits per heavy atom. The van der Waals surface area contributed by atoms with Crippen molar-refractivity contribution < 1.29 is 24.3 Å². The number of carboxylic acids is 1. The van der Waals surface area contributed by atoms with Gasteiger partial charge >= 0.3 is 5.97 Å². The van der Waals surface area contributed by atoms with Gasteiger partial charge in [0, 0.05) is 11.6 Å². The van der Waals surface area contributed by atoms with Gasteiger partial charge in [0.15, 0.2) is 0 Å². The van der Waals surface area contributed by atoms with Gasteiger partial charge in [-0.3, -0.25) is 14.4 Å². The number of hydroxylamine groups is 1. The summed E-state index contributed by atoms with van der Waals surface area (Å²) in [5, 5.41) is 14.1. The largest absolute Gasteiger partial charge is 0.478 e. The van der Waals surface area contributed by atoms with Crippen LogP contribution in [0.3, 0.4) is 0 Å². The summed E-state index contributed by atoms with van der Waals surface area (Å²) in [6.07, 6.45) is 1.39. The first-order valence-electron chi connectivity index (χ1n) is 9.08. The van der Waals surface area contributed by atoms with E-state index in [4.69, 9.17) is 0 Å². The van der Waals surface area contributed by atoms with Crippen LogP contribution in [0.5, 0.6) is 0 Å². The van der Waals surface area contributed by atoms with Crippen molar-refractivity contribution in [3.63, 3.8) is 0 Å². The number of anilines is 1. The number of rotatable bonds is 6. The van der Waals surface area contributed by atoms with Crippen molar-refractivity contribution in [3.05, 3.63) is 83.4 Å². The van der Waals surface area contributed by atoms with Gasteiger partial charge < -0.3 is 10.4 Å². The average molecular weight is 404 g/mol. The maximum absolute atomic E-state index is 12.5. The molecule has 0 aliphatic rings. The summed E-state index contributed by atoms with van der Waals surface area (Å²) >= 11 is 0. The van der Waals surface area contributed by atoms with Crippen molar-refractivity contribution in [2.75, 3.05) is 12.4 Å². The highest BCUT2D eigenvalue weighted by molar-refractivity contribution is 6.08. The lowest BCUT2D eigenvalue weighted by Crippen LogP contribution is -2.22. The van der Waals surface area contributed by atoms with E-state index in [1.165, 1.54) is 31.4 Å². The SMILES string of the molecule is CONC(=O)c1ccc(C(=O)O)c(NC(=O)/C=C(/C)c2ccc3ccccc3c2)c1. The van der Waals surface area contributed by atoms with Gasteiger partial charge in [0.2, 0.25) is 5.91 Å². The Labute approximate surface area is 172 Å². The maximum Gasteiger partial charge on any atom is 0.337 e. The second kappa shape index (κ2) is 9.02. The summed E-state index contributed by atoms with van der Waals surface area (Å²) in [6.45, 7) is 1.80. The van der Waals surface area contributed by atoms with E-state index in [1.807, 2.05) is 42.5 Å². The normalized spacial score (nSPS) is 11.2. The van der Waals surface area contributed by atoms with Crippen LogP contribution in [0.15, 0.2) is 66.7 Å². The Balaban J connectivity index is 1.87. The third-order valence-corrected chi connectivity index (χ3v) is 4.52. The molecule has 0 bridgehead atoms. The number of carbonyl (C=O) groups excluding carboxylic acids is 2. The number of fused-ring (bicyclic) bond motifs is 1. The van der Waals surface area contributed by atoms with Crippen LogP contribution in [-0.4, -0.2) is 30.0 Å². The predicted molar refractivity (Wildman–Crippen MR) is 114 cm³/mol. The molecule has 2 amide bonds. The average Bonchev–Trinajstić information content (AvgIpc) is 2.73. The van der Waals surface area contributed by atoms with Crippen LogP contribution in [0, 0.1) is 0 Å². The second-order valence-corrected chi connectivity index (χ2v) is 6.58. The third kappa shape index (κ3) is 4.71. The smallest absolute Gasteiger partial charge is 0.337 e. The molecule has 0 spiro atoms. The van der Waals surface area contributed by atoms with Crippen molar-refractivity contribution in [3.8, 4) is 0 Å². The van der Waals surface area contributed by atoms with Crippen molar-refractivity contribution >= 4 is 39.8 Å². The number of benzene rings is 3. The number of amides is 2. The van der Waals surface area contributed by atoms with Crippen LogP contribution in [-0.2, 0) is 9.63 Å². The zero-order valence-electron chi connectivity index (χ0n) is 16.4. The van der Waals surface area contributed by atoms with Crippen molar-refractivity contribution in [1.82, 2.24) is 5.48 Å².